The fourth-order valence-corrected chi connectivity index (χ4v) is 8.11. The zero-order valence-corrected chi connectivity index (χ0v) is 40.5. The topological polar surface area (TPSA) is 50.9 Å². The maximum Gasteiger partial charge on any atom is 0.148 e. The van der Waals surface area contributed by atoms with Gasteiger partial charge in [0.05, 0.1) is 22.3 Å². The number of benzene rings is 6. The van der Waals surface area contributed by atoms with E-state index >= 15 is 0 Å². The Morgan fingerprint density at radius 3 is 2.00 bits per heavy atom. The smallest absolute Gasteiger partial charge is 0.148 e. The quantitative estimate of drug-likeness (QED) is 0.154. The van der Waals surface area contributed by atoms with Gasteiger partial charge in [0.15, 0.2) is 0 Å². The number of pyridine rings is 1. The van der Waals surface area contributed by atoms with Gasteiger partial charge in [-0.2, -0.15) is 0 Å². The fraction of sp³-hybridized carbons (Fsp3) is 0.323. The van der Waals surface area contributed by atoms with Crippen molar-refractivity contribution in [2.45, 2.75) is 131 Å². The number of hydrogen-bond acceptors (Lipinski definition) is 3. The molecule has 8 rings (SSSR count). The number of aryl methyl sites for hydroxylation is 2. The number of aromatic nitrogens is 3. The minimum Gasteiger partial charge on any atom is -0.507 e. The molecule has 1 N–H and O–H groups in total. The maximum atomic E-state index is 13.1. The molecule has 0 fully saturated rings. The summed E-state index contributed by atoms with van der Waals surface area (Å²) < 4.78 is 219. The van der Waals surface area contributed by atoms with E-state index in [4.69, 9.17) is 40.1 Å². The third-order valence-corrected chi connectivity index (χ3v) is 11.9. The van der Waals surface area contributed by atoms with Crippen molar-refractivity contribution in [1.29, 1.82) is 0 Å². The fourth-order valence-electron chi connectivity index (χ4n) is 8.11. The molecule has 0 aliphatic rings. The summed E-state index contributed by atoms with van der Waals surface area (Å²) in [5.41, 5.74) is -8.06. The summed E-state index contributed by atoms with van der Waals surface area (Å²) in [5.74, 6) is -3.43. The van der Waals surface area contributed by atoms with Crippen LogP contribution in [0.4, 0.5) is 0 Å². The molecule has 348 valence electrons. The van der Waals surface area contributed by atoms with Crippen LogP contribution in [0, 0.1) is 19.8 Å². The summed E-state index contributed by atoms with van der Waals surface area (Å²) >= 11 is 0. The normalized spacial score (nSPS) is 19.5. The minimum absolute atomic E-state index is 0. The number of phenols is 1. The average molecular weight is 1090 g/mol. The predicted octanol–water partition coefficient (Wildman–Crippen LogP) is 17.0. The summed E-state index contributed by atoms with van der Waals surface area (Å²) in [5, 5.41) is 13.1. The Labute approximate surface area is 450 Å². The van der Waals surface area contributed by atoms with Crippen LogP contribution in [0.25, 0.3) is 72.7 Å². The molecule has 67 heavy (non-hydrogen) atoms. The van der Waals surface area contributed by atoms with E-state index in [-0.39, 0.29) is 60.9 Å². The molecule has 2 heterocycles. The van der Waals surface area contributed by atoms with Crippen LogP contribution in [0.5, 0.6) is 5.75 Å². The summed E-state index contributed by atoms with van der Waals surface area (Å²) in [7, 11) is 0. The van der Waals surface area contributed by atoms with Gasteiger partial charge >= 0.3 is 0 Å². The molecular weight excluding hydrogens is 998 g/mol. The number of phenolic OH excluding ortho intramolecular Hbond substituents is 1. The number of fused-ring (bicyclic) bond motifs is 1. The Morgan fingerprint density at radius 1 is 0.642 bits per heavy atom. The number of rotatable bonds is 8. The molecule has 2 aromatic heterocycles. The SMILES string of the molecule is [2H]C([2H])([2H])c1ccc(-c2ccnc(-c3[c-]c(-c4cccc5c4nc(-c4cc(C(C([2H])([2H])[2H])(C([2H])([2H])[2H])C([2H])([2H])[2H])cc(C(C([2H])([2H])[2H])(C([2H])([2H])[2H])C([2H])([2H])[2H])c4O)n5-c4ccc(-c5cc(C(C)C)cc(C([2H])(C)C)c5)cc4C([2H])([2H])[2H])cc(C(C)(C)C)c3)c2)cc1.[Pt]. The van der Waals surface area contributed by atoms with Crippen LogP contribution in [0.2, 0.25) is 0 Å². The second-order valence-corrected chi connectivity index (χ2v) is 18.5. The van der Waals surface area contributed by atoms with Crippen LogP contribution in [-0.4, -0.2) is 19.6 Å². The van der Waals surface area contributed by atoms with E-state index < -0.39 is 111 Å². The van der Waals surface area contributed by atoms with E-state index in [1.807, 2.05) is 52.8 Å². The summed E-state index contributed by atoms with van der Waals surface area (Å²) in [6.45, 7) is -17.6. The molecule has 6 aromatic carbocycles. The zero-order valence-electron chi connectivity index (χ0n) is 63.2. The molecule has 8 aromatic rings. The molecule has 0 aliphatic carbocycles. The number of nitrogens with zero attached hydrogens (tertiary/aromatic N) is 3. The van der Waals surface area contributed by atoms with Crippen molar-refractivity contribution in [3.63, 3.8) is 0 Å². The van der Waals surface area contributed by atoms with Gasteiger partial charge in [0.1, 0.15) is 11.6 Å². The Bertz CT molecular complexity index is 4000. The second-order valence-electron chi connectivity index (χ2n) is 18.5. The van der Waals surface area contributed by atoms with E-state index in [0.717, 1.165) is 10.1 Å². The number of para-hydroxylation sites is 1. The molecule has 0 aliphatic heterocycles. The number of imidazole rings is 1. The predicted molar refractivity (Wildman–Crippen MR) is 280 cm³/mol. The Balaban J connectivity index is 0.0000120. The Hall–Kier alpha value is -5.57. The van der Waals surface area contributed by atoms with Gasteiger partial charge in [-0.3, -0.25) is 9.55 Å². The molecule has 0 atom stereocenters. The van der Waals surface area contributed by atoms with Gasteiger partial charge in [0.25, 0.3) is 0 Å². The van der Waals surface area contributed by atoms with Crippen molar-refractivity contribution in [1.82, 2.24) is 14.5 Å². The minimum atomic E-state index is -4.28. The second kappa shape index (κ2) is 18.5. The monoisotopic (exact) mass is 1090 g/mol. The van der Waals surface area contributed by atoms with Gasteiger partial charge in [-0.25, -0.2) is 4.98 Å². The van der Waals surface area contributed by atoms with Crippen LogP contribution in [-0.2, 0) is 37.3 Å². The van der Waals surface area contributed by atoms with Gasteiger partial charge in [0.2, 0.25) is 0 Å². The van der Waals surface area contributed by atoms with E-state index in [1.165, 1.54) is 30.3 Å². The molecule has 0 saturated carbocycles. The van der Waals surface area contributed by atoms with Crippen molar-refractivity contribution < 1.29 is 60.4 Å². The summed E-state index contributed by atoms with van der Waals surface area (Å²) in [6.07, 6.45) is 1.56. The van der Waals surface area contributed by atoms with Gasteiger partial charge < -0.3 is 5.11 Å². The average Bonchev–Trinajstić information content (AvgIpc) is 0.828. The molecule has 0 radical (unpaired) electrons. The van der Waals surface area contributed by atoms with Gasteiger partial charge in [-0.15, -0.1) is 29.3 Å². The molecule has 0 unspecified atom stereocenters. The number of hydrogen-bond donors (Lipinski definition) is 1. The van der Waals surface area contributed by atoms with Crippen LogP contribution >= 0.6 is 0 Å². The van der Waals surface area contributed by atoms with E-state index in [0.29, 0.717) is 56.3 Å². The van der Waals surface area contributed by atoms with Crippen LogP contribution in [0.1, 0.15) is 175 Å². The molecular formula is C62H68N3OPt-. The molecule has 0 spiro atoms. The Kier molecular flexibility index (Phi) is 7.25. The Morgan fingerprint density at radius 2 is 1.33 bits per heavy atom. The zero-order chi connectivity index (χ0) is 68.5. The summed E-state index contributed by atoms with van der Waals surface area (Å²) in [4.78, 5) is 9.74. The first kappa shape index (κ1) is 26.3. The van der Waals surface area contributed by atoms with Crippen molar-refractivity contribution in [3.8, 4) is 67.5 Å². The molecule has 0 amide bonds. The first-order valence-electron chi connectivity index (χ1n) is 34.1. The van der Waals surface area contributed by atoms with Gasteiger partial charge in [-0.05, 0) is 117 Å². The molecule has 4 nitrogen and oxygen atoms in total. The van der Waals surface area contributed by atoms with Crippen molar-refractivity contribution in [2.75, 3.05) is 0 Å². The largest absolute Gasteiger partial charge is 0.507 e. The van der Waals surface area contributed by atoms with E-state index in [1.54, 1.807) is 74.6 Å². The van der Waals surface area contributed by atoms with Gasteiger partial charge in [-0.1, -0.05) is 179 Å². The van der Waals surface area contributed by atoms with Gasteiger partial charge in [0, 0.05) is 72.8 Å². The van der Waals surface area contributed by atoms with Crippen molar-refractivity contribution >= 4 is 11.0 Å². The van der Waals surface area contributed by atoms with E-state index in [9.17, 15) is 9.22 Å². The van der Waals surface area contributed by atoms with Crippen molar-refractivity contribution in [3.05, 3.63) is 166 Å². The maximum absolute atomic E-state index is 13.1. The van der Waals surface area contributed by atoms with E-state index in [2.05, 4.69) is 6.07 Å². The van der Waals surface area contributed by atoms with Crippen LogP contribution in [0.3, 0.4) is 0 Å². The van der Waals surface area contributed by atoms with Crippen LogP contribution in [0.15, 0.2) is 121 Å². The molecule has 0 bridgehead atoms. The number of aromatic hydroxyl groups is 1. The third-order valence-electron chi connectivity index (χ3n) is 11.9. The standard InChI is InChI=1S/C62H68N3O.Pt/c1-37(2)44-28-45(38(3)4)30-46(29-44)42-23-24-55(40(6)27-42)65-56-18-16-17-51(57(56)64-59(65)52-35-50(61(10,11)12)36-53(58(52)66)62(13,14)15)47-31-48(33-49(32-47)60(7,8)9)54-34-43(25-26-63-54)41-21-19-39(5)20-22-41;/h16-30,32-38,66H,1-15H3;/q-1;/i5D3,6D3,10D3,11D3,12D3,13D3,14D3,15D3,37D;. The first-order chi connectivity index (χ1) is 41.2. The molecule has 0 saturated heterocycles. The first-order valence-corrected chi connectivity index (χ1v) is 21.6. The van der Waals surface area contributed by atoms with Crippen LogP contribution < -0.4 is 0 Å². The molecule has 5 heteroatoms. The third kappa shape index (κ3) is 10.0. The summed E-state index contributed by atoms with van der Waals surface area (Å²) in [6, 6.07) is 32.1. The van der Waals surface area contributed by atoms with Crippen molar-refractivity contribution in [2.24, 2.45) is 0 Å².